The third-order valence-electron chi connectivity index (χ3n) is 3.38. The minimum atomic E-state index is 0.0500. The molecule has 1 aromatic rings. The molecule has 1 aliphatic rings. The Kier molecular flexibility index (Phi) is 4.09. The van der Waals surface area contributed by atoms with Gasteiger partial charge in [0.15, 0.2) is 0 Å². The molecule has 3 N–H and O–H groups in total. The van der Waals surface area contributed by atoms with Crippen molar-refractivity contribution in [1.82, 2.24) is 10.3 Å². The molecule has 0 bridgehead atoms. The first-order valence-corrected chi connectivity index (χ1v) is 6.19. The van der Waals surface area contributed by atoms with Crippen LogP contribution < -0.4 is 11.1 Å². The van der Waals surface area contributed by atoms with Gasteiger partial charge in [-0.15, -0.1) is 0 Å². The van der Waals surface area contributed by atoms with Crippen LogP contribution in [-0.4, -0.2) is 23.5 Å². The first-order valence-electron chi connectivity index (χ1n) is 6.19. The molecular formula is C13H19N3O. The standard InChI is InChI=1S/C13H19N3O/c14-9-10-4-3-6-12(10)16-13(17)8-11-5-1-2-7-15-11/h1-2,5,7,10,12H,3-4,6,8-9,14H2,(H,16,17). The lowest BCUT2D eigenvalue weighted by molar-refractivity contribution is -0.121. The Morgan fingerprint density at radius 1 is 1.47 bits per heavy atom. The van der Waals surface area contributed by atoms with Gasteiger partial charge in [0, 0.05) is 17.9 Å². The zero-order chi connectivity index (χ0) is 12.1. The van der Waals surface area contributed by atoms with Crippen LogP contribution in [0, 0.1) is 5.92 Å². The van der Waals surface area contributed by atoms with Gasteiger partial charge >= 0.3 is 0 Å². The number of nitrogens with one attached hydrogen (secondary N) is 1. The fourth-order valence-corrected chi connectivity index (χ4v) is 2.43. The molecule has 1 saturated carbocycles. The van der Waals surface area contributed by atoms with Crippen molar-refractivity contribution >= 4 is 5.91 Å². The number of nitrogens with zero attached hydrogens (tertiary/aromatic N) is 1. The van der Waals surface area contributed by atoms with Crippen LogP contribution >= 0.6 is 0 Å². The molecule has 2 rings (SSSR count). The highest BCUT2D eigenvalue weighted by atomic mass is 16.1. The molecule has 2 unspecified atom stereocenters. The van der Waals surface area contributed by atoms with Gasteiger partial charge in [-0.2, -0.15) is 0 Å². The van der Waals surface area contributed by atoms with Gasteiger partial charge in [-0.25, -0.2) is 0 Å². The van der Waals surface area contributed by atoms with Crippen LogP contribution in [0.1, 0.15) is 25.0 Å². The van der Waals surface area contributed by atoms with Gasteiger partial charge in [0.2, 0.25) is 5.91 Å². The summed E-state index contributed by atoms with van der Waals surface area (Å²) in [5.74, 6) is 0.497. The van der Waals surface area contributed by atoms with E-state index in [-0.39, 0.29) is 11.9 Å². The van der Waals surface area contributed by atoms with E-state index >= 15 is 0 Å². The van der Waals surface area contributed by atoms with E-state index in [1.807, 2.05) is 18.2 Å². The Hall–Kier alpha value is -1.42. The predicted octanol–water partition coefficient (Wildman–Crippen LogP) is 0.868. The van der Waals surface area contributed by atoms with Crippen molar-refractivity contribution in [1.29, 1.82) is 0 Å². The highest BCUT2D eigenvalue weighted by molar-refractivity contribution is 5.78. The molecule has 1 amide bonds. The average Bonchev–Trinajstić information content (AvgIpc) is 2.77. The maximum Gasteiger partial charge on any atom is 0.226 e. The van der Waals surface area contributed by atoms with Crippen molar-refractivity contribution in [3.05, 3.63) is 30.1 Å². The zero-order valence-electron chi connectivity index (χ0n) is 9.93. The molecule has 92 valence electrons. The van der Waals surface area contributed by atoms with Crippen LogP contribution in [0.4, 0.5) is 0 Å². The number of rotatable bonds is 4. The van der Waals surface area contributed by atoms with Gasteiger partial charge in [-0.05, 0) is 37.4 Å². The van der Waals surface area contributed by atoms with Gasteiger partial charge in [0.25, 0.3) is 0 Å². The van der Waals surface area contributed by atoms with E-state index in [0.29, 0.717) is 18.9 Å². The fourth-order valence-electron chi connectivity index (χ4n) is 2.43. The lowest BCUT2D eigenvalue weighted by atomic mass is 10.0. The van der Waals surface area contributed by atoms with Crippen LogP contribution in [0.5, 0.6) is 0 Å². The van der Waals surface area contributed by atoms with E-state index in [4.69, 9.17) is 5.73 Å². The maximum absolute atomic E-state index is 11.8. The zero-order valence-corrected chi connectivity index (χ0v) is 9.93. The first-order chi connectivity index (χ1) is 8.29. The minimum absolute atomic E-state index is 0.0500. The fraction of sp³-hybridized carbons (Fsp3) is 0.538. The smallest absolute Gasteiger partial charge is 0.226 e. The molecule has 0 aromatic carbocycles. The second-order valence-corrected chi connectivity index (χ2v) is 4.60. The molecule has 17 heavy (non-hydrogen) atoms. The van der Waals surface area contributed by atoms with Crippen molar-refractivity contribution in [2.24, 2.45) is 11.7 Å². The number of carbonyl (C=O) groups excluding carboxylic acids is 1. The summed E-state index contributed by atoms with van der Waals surface area (Å²) >= 11 is 0. The van der Waals surface area contributed by atoms with E-state index in [0.717, 1.165) is 25.0 Å². The Bertz CT molecular complexity index is 366. The molecule has 0 radical (unpaired) electrons. The minimum Gasteiger partial charge on any atom is -0.353 e. The summed E-state index contributed by atoms with van der Waals surface area (Å²) in [7, 11) is 0. The molecule has 1 heterocycles. The summed E-state index contributed by atoms with van der Waals surface area (Å²) in [6.07, 6.45) is 5.41. The predicted molar refractivity (Wildman–Crippen MR) is 66.3 cm³/mol. The summed E-state index contributed by atoms with van der Waals surface area (Å²) < 4.78 is 0. The Balaban J connectivity index is 1.85. The molecule has 2 atom stereocenters. The third-order valence-corrected chi connectivity index (χ3v) is 3.38. The number of aromatic nitrogens is 1. The molecule has 4 heteroatoms. The Morgan fingerprint density at radius 3 is 3.06 bits per heavy atom. The lowest BCUT2D eigenvalue weighted by Crippen LogP contribution is -2.40. The van der Waals surface area contributed by atoms with Crippen LogP contribution in [0.3, 0.4) is 0 Å². The molecule has 1 aliphatic carbocycles. The monoisotopic (exact) mass is 233 g/mol. The van der Waals surface area contributed by atoms with E-state index in [2.05, 4.69) is 10.3 Å². The number of amides is 1. The molecule has 0 saturated heterocycles. The Morgan fingerprint density at radius 2 is 2.35 bits per heavy atom. The summed E-state index contributed by atoms with van der Waals surface area (Å²) in [6, 6.07) is 5.88. The van der Waals surface area contributed by atoms with Gasteiger partial charge in [0.1, 0.15) is 0 Å². The number of carbonyl (C=O) groups is 1. The number of nitrogens with two attached hydrogens (primary N) is 1. The molecule has 1 aromatic heterocycles. The third kappa shape index (κ3) is 3.27. The second-order valence-electron chi connectivity index (χ2n) is 4.60. The van der Waals surface area contributed by atoms with Crippen molar-refractivity contribution in [3.63, 3.8) is 0 Å². The summed E-state index contributed by atoms with van der Waals surface area (Å²) in [5, 5.41) is 3.07. The number of hydrogen-bond acceptors (Lipinski definition) is 3. The second kappa shape index (κ2) is 5.77. The van der Waals surface area contributed by atoms with E-state index < -0.39 is 0 Å². The Labute approximate surface area is 102 Å². The van der Waals surface area contributed by atoms with E-state index in [1.165, 1.54) is 0 Å². The highest BCUT2D eigenvalue weighted by Gasteiger charge is 2.27. The van der Waals surface area contributed by atoms with Gasteiger partial charge in [0.05, 0.1) is 6.42 Å². The number of pyridine rings is 1. The summed E-state index contributed by atoms with van der Waals surface area (Å²) in [5.41, 5.74) is 6.50. The van der Waals surface area contributed by atoms with Crippen molar-refractivity contribution in [2.45, 2.75) is 31.7 Å². The number of hydrogen-bond donors (Lipinski definition) is 2. The van der Waals surface area contributed by atoms with E-state index in [9.17, 15) is 4.79 Å². The topological polar surface area (TPSA) is 68.0 Å². The van der Waals surface area contributed by atoms with Crippen LogP contribution in [-0.2, 0) is 11.2 Å². The van der Waals surface area contributed by atoms with Crippen LogP contribution in [0.2, 0.25) is 0 Å². The maximum atomic E-state index is 11.8. The summed E-state index contributed by atoms with van der Waals surface area (Å²) in [6.45, 7) is 0.661. The van der Waals surface area contributed by atoms with Crippen molar-refractivity contribution < 1.29 is 4.79 Å². The summed E-state index contributed by atoms with van der Waals surface area (Å²) in [4.78, 5) is 16.0. The highest BCUT2D eigenvalue weighted by Crippen LogP contribution is 2.24. The van der Waals surface area contributed by atoms with Gasteiger partial charge < -0.3 is 11.1 Å². The SMILES string of the molecule is NCC1CCCC1NC(=O)Cc1ccccn1. The first kappa shape index (κ1) is 12.0. The van der Waals surface area contributed by atoms with E-state index in [1.54, 1.807) is 6.20 Å². The molecular weight excluding hydrogens is 214 g/mol. The normalized spacial score (nSPS) is 23.6. The molecule has 1 fully saturated rings. The average molecular weight is 233 g/mol. The lowest BCUT2D eigenvalue weighted by Gasteiger charge is -2.19. The largest absolute Gasteiger partial charge is 0.353 e. The van der Waals surface area contributed by atoms with Gasteiger partial charge in [-0.3, -0.25) is 9.78 Å². The van der Waals surface area contributed by atoms with Crippen LogP contribution in [0.15, 0.2) is 24.4 Å². The van der Waals surface area contributed by atoms with Gasteiger partial charge in [-0.1, -0.05) is 12.5 Å². The quantitative estimate of drug-likeness (QED) is 0.810. The van der Waals surface area contributed by atoms with Crippen molar-refractivity contribution in [3.8, 4) is 0 Å². The van der Waals surface area contributed by atoms with Crippen molar-refractivity contribution in [2.75, 3.05) is 6.54 Å². The molecule has 0 aliphatic heterocycles. The van der Waals surface area contributed by atoms with Crippen LogP contribution in [0.25, 0.3) is 0 Å². The molecule has 4 nitrogen and oxygen atoms in total. The molecule has 0 spiro atoms.